The molecule has 0 fully saturated rings. The van der Waals surface area contributed by atoms with Gasteiger partial charge in [-0.1, -0.05) is 60.7 Å². The summed E-state index contributed by atoms with van der Waals surface area (Å²) in [6.45, 7) is 2.27. The average Bonchev–Trinajstić information content (AvgIpc) is 3.26. The maximum Gasteiger partial charge on any atom is 0.244 e. The van der Waals surface area contributed by atoms with Crippen molar-refractivity contribution in [2.75, 3.05) is 6.61 Å². The molecular formula is C26H25NO3. The molecule has 30 heavy (non-hydrogen) atoms. The summed E-state index contributed by atoms with van der Waals surface area (Å²) in [4.78, 5) is 12.3. The van der Waals surface area contributed by atoms with Gasteiger partial charge in [0, 0.05) is 19.0 Å². The second-order valence-electron chi connectivity index (χ2n) is 7.26. The van der Waals surface area contributed by atoms with Crippen molar-refractivity contribution < 1.29 is 14.3 Å². The topological polar surface area (TPSA) is 47.6 Å². The zero-order chi connectivity index (χ0) is 20.6. The Hall–Kier alpha value is -3.37. The van der Waals surface area contributed by atoms with E-state index in [1.54, 1.807) is 6.08 Å². The van der Waals surface area contributed by atoms with Crippen LogP contribution in [-0.2, 0) is 35.7 Å². The highest BCUT2D eigenvalue weighted by Gasteiger charge is 2.11. The normalized spacial score (nSPS) is 12.5. The molecule has 4 heteroatoms. The number of ether oxygens (including phenoxy) is 2. The highest BCUT2D eigenvalue weighted by atomic mass is 16.5. The van der Waals surface area contributed by atoms with E-state index < -0.39 is 0 Å². The van der Waals surface area contributed by atoms with Gasteiger partial charge >= 0.3 is 0 Å². The summed E-state index contributed by atoms with van der Waals surface area (Å²) in [5.41, 5.74) is 5.48. The van der Waals surface area contributed by atoms with Gasteiger partial charge < -0.3 is 14.8 Å². The predicted octanol–water partition coefficient (Wildman–Crippen LogP) is 4.67. The van der Waals surface area contributed by atoms with Gasteiger partial charge in [0.15, 0.2) is 0 Å². The molecule has 0 saturated carbocycles. The van der Waals surface area contributed by atoms with Crippen LogP contribution in [0.1, 0.15) is 27.8 Å². The number of hydrogen-bond acceptors (Lipinski definition) is 3. The Bertz CT molecular complexity index is 1030. The molecule has 1 aliphatic heterocycles. The Morgan fingerprint density at radius 1 is 0.967 bits per heavy atom. The second-order valence-corrected chi connectivity index (χ2v) is 7.26. The molecule has 0 bridgehead atoms. The molecule has 4 rings (SSSR count). The minimum Gasteiger partial charge on any atom is -0.493 e. The minimum atomic E-state index is -0.119. The van der Waals surface area contributed by atoms with E-state index in [0.29, 0.717) is 19.8 Å². The van der Waals surface area contributed by atoms with E-state index in [2.05, 4.69) is 11.4 Å². The lowest BCUT2D eigenvalue weighted by Crippen LogP contribution is -2.21. The zero-order valence-electron chi connectivity index (χ0n) is 16.8. The number of carbonyl (C=O) groups excluding carboxylic acids is 1. The third-order valence-electron chi connectivity index (χ3n) is 5.08. The number of rotatable bonds is 8. The number of carbonyl (C=O) groups is 1. The van der Waals surface area contributed by atoms with Gasteiger partial charge in [-0.2, -0.15) is 0 Å². The number of benzene rings is 3. The van der Waals surface area contributed by atoms with E-state index in [-0.39, 0.29) is 5.91 Å². The Kier molecular flexibility index (Phi) is 6.58. The molecule has 0 spiro atoms. The molecule has 0 unspecified atom stereocenters. The zero-order valence-corrected chi connectivity index (χ0v) is 16.8. The van der Waals surface area contributed by atoms with Crippen LogP contribution < -0.4 is 10.1 Å². The fraction of sp³-hybridized carbons (Fsp3) is 0.192. The molecule has 1 aliphatic rings. The number of amides is 1. The van der Waals surface area contributed by atoms with Gasteiger partial charge in [-0.25, -0.2) is 0 Å². The summed E-state index contributed by atoms with van der Waals surface area (Å²) in [5, 5.41) is 2.96. The Labute approximate surface area is 177 Å². The van der Waals surface area contributed by atoms with Crippen LogP contribution in [0.15, 0.2) is 78.9 Å². The number of nitrogens with one attached hydrogen (secondary N) is 1. The monoisotopic (exact) mass is 399 g/mol. The number of fused-ring (bicyclic) bond motifs is 1. The molecule has 3 aromatic carbocycles. The quantitative estimate of drug-likeness (QED) is 0.560. The first-order chi connectivity index (χ1) is 14.8. The lowest BCUT2D eigenvalue weighted by molar-refractivity contribution is -0.116. The molecule has 0 saturated heterocycles. The Balaban J connectivity index is 1.29. The molecular weight excluding hydrogens is 374 g/mol. The summed E-state index contributed by atoms with van der Waals surface area (Å²) < 4.78 is 11.4. The molecule has 0 radical (unpaired) electrons. The van der Waals surface area contributed by atoms with Crippen molar-refractivity contribution in [2.24, 2.45) is 0 Å². The molecule has 1 N–H and O–H groups in total. The van der Waals surface area contributed by atoms with E-state index in [1.165, 1.54) is 5.56 Å². The van der Waals surface area contributed by atoms with Gasteiger partial charge in [-0.15, -0.1) is 0 Å². The van der Waals surface area contributed by atoms with Crippen molar-refractivity contribution in [3.63, 3.8) is 0 Å². The third kappa shape index (κ3) is 5.37. The van der Waals surface area contributed by atoms with E-state index in [4.69, 9.17) is 9.47 Å². The maximum absolute atomic E-state index is 12.3. The highest BCUT2D eigenvalue weighted by molar-refractivity contribution is 5.91. The van der Waals surface area contributed by atoms with E-state index >= 15 is 0 Å². The van der Waals surface area contributed by atoms with Gasteiger partial charge in [0.05, 0.1) is 19.8 Å². The number of hydrogen-bond donors (Lipinski definition) is 1. The SMILES string of the molecule is O=C(/C=C/c1ccc2c(c1)CCO2)NCc1ccccc1COCc1ccccc1. The highest BCUT2D eigenvalue weighted by Crippen LogP contribution is 2.26. The average molecular weight is 399 g/mol. The minimum absolute atomic E-state index is 0.119. The maximum atomic E-state index is 12.3. The summed E-state index contributed by atoms with van der Waals surface area (Å²) in [6, 6.07) is 24.1. The summed E-state index contributed by atoms with van der Waals surface area (Å²) in [5.74, 6) is 0.828. The Morgan fingerprint density at radius 3 is 2.63 bits per heavy atom. The second kappa shape index (κ2) is 9.90. The van der Waals surface area contributed by atoms with Gasteiger partial charge in [-0.05, 0) is 46.0 Å². The van der Waals surface area contributed by atoms with Gasteiger partial charge in [-0.3, -0.25) is 4.79 Å². The van der Waals surface area contributed by atoms with Crippen LogP contribution in [0.3, 0.4) is 0 Å². The first-order valence-corrected chi connectivity index (χ1v) is 10.2. The van der Waals surface area contributed by atoms with Gasteiger partial charge in [0.2, 0.25) is 5.91 Å². The Morgan fingerprint density at radius 2 is 1.77 bits per heavy atom. The van der Waals surface area contributed by atoms with Crippen molar-refractivity contribution >= 4 is 12.0 Å². The van der Waals surface area contributed by atoms with Crippen LogP contribution in [-0.4, -0.2) is 12.5 Å². The lowest BCUT2D eigenvalue weighted by Gasteiger charge is -2.11. The van der Waals surface area contributed by atoms with Gasteiger partial charge in [0.25, 0.3) is 0 Å². The van der Waals surface area contributed by atoms with Crippen LogP contribution in [0.25, 0.3) is 6.08 Å². The van der Waals surface area contributed by atoms with Crippen LogP contribution in [0, 0.1) is 0 Å². The van der Waals surface area contributed by atoms with Crippen LogP contribution >= 0.6 is 0 Å². The fourth-order valence-corrected chi connectivity index (χ4v) is 3.45. The predicted molar refractivity (Wildman–Crippen MR) is 118 cm³/mol. The third-order valence-corrected chi connectivity index (χ3v) is 5.08. The fourth-order valence-electron chi connectivity index (χ4n) is 3.45. The van der Waals surface area contributed by atoms with Crippen LogP contribution in [0.5, 0.6) is 5.75 Å². The van der Waals surface area contributed by atoms with Crippen molar-refractivity contribution in [3.8, 4) is 5.75 Å². The molecule has 3 aromatic rings. The lowest BCUT2D eigenvalue weighted by atomic mass is 10.1. The summed E-state index contributed by atoms with van der Waals surface area (Å²) in [6.07, 6.45) is 4.33. The molecule has 0 aliphatic carbocycles. The largest absolute Gasteiger partial charge is 0.493 e. The van der Waals surface area contributed by atoms with Gasteiger partial charge in [0.1, 0.15) is 5.75 Å². The summed E-state index contributed by atoms with van der Waals surface area (Å²) >= 11 is 0. The molecule has 1 amide bonds. The van der Waals surface area contributed by atoms with Crippen molar-refractivity contribution in [2.45, 2.75) is 26.2 Å². The molecule has 152 valence electrons. The summed E-state index contributed by atoms with van der Waals surface area (Å²) in [7, 11) is 0. The molecule has 0 aromatic heterocycles. The van der Waals surface area contributed by atoms with E-state index in [9.17, 15) is 4.79 Å². The molecule has 0 atom stereocenters. The van der Waals surface area contributed by atoms with Crippen LogP contribution in [0.2, 0.25) is 0 Å². The first kappa shape index (κ1) is 19.9. The first-order valence-electron chi connectivity index (χ1n) is 10.2. The van der Waals surface area contributed by atoms with Crippen LogP contribution in [0.4, 0.5) is 0 Å². The molecule has 1 heterocycles. The van der Waals surface area contributed by atoms with Crippen molar-refractivity contribution in [1.29, 1.82) is 0 Å². The van der Waals surface area contributed by atoms with Crippen molar-refractivity contribution in [3.05, 3.63) is 107 Å². The smallest absolute Gasteiger partial charge is 0.244 e. The standard InChI is InChI=1S/C26H25NO3/c28-26(13-11-20-10-12-25-22(16-20)14-15-30-25)27-17-23-8-4-5-9-24(23)19-29-18-21-6-2-1-3-7-21/h1-13,16H,14-15,17-19H2,(H,27,28)/b13-11+. The molecule has 4 nitrogen and oxygen atoms in total. The van der Waals surface area contributed by atoms with E-state index in [0.717, 1.165) is 41.0 Å². The van der Waals surface area contributed by atoms with E-state index in [1.807, 2.05) is 72.8 Å². The van der Waals surface area contributed by atoms with Crippen molar-refractivity contribution in [1.82, 2.24) is 5.32 Å².